The van der Waals surface area contributed by atoms with Gasteiger partial charge in [0, 0.05) is 12.2 Å². The second-order valence-electron chi connectivity index (χ2n) is 3.00. The number of nitrogens with two attached hydrogens (primary N) is 1. The largest absolute Gasteiger partial charge is 0.397 e. The zero-order valence-corrected chi connectivity index (χ0v) is 9.23. The van der Waals surface area contributed by atoms with Crippen LogP contribution in [0.4, 0.5) is 15.8 Å². The van der Waals surface area contributed by atoms with E-state index in [2.05, 4.69) is 5.32 Å². The first-order valence-corrected chi connectivity index (χ1v) is 5.87. The fourth-order valence-corrected chi connectivity index (χ4v) is 1.46. The molecule has 5 heteroatoms. The van der Waals surface area contributed by atoms with Crippen LogP contribution in [0.15, 0.2) is 18.2 Å². The molecule has 3 nitrogen and oxygen atoms in total. The lowest BCUT2D eigenvalue weighted by atomic mass is 10.2. The molecule has 1 aromatic carbocycles. The van der Waals surface area contributed by atoms with Gasteiger partial charge in [-0.05, 0) is 18.4 Å². The Morgan fingerprint density at radius 1 is 1.60 bits per heavy atom. The molecule has 82 valence electrons. The van der Waals surface area contributed by atoms with E-state index in [1.54, 1.807) is 17.8 Å². The molecule has 0 aliphatic heterocycles. The minimum absolute atomic E-state index is 0.0728. The molecule has 1 amide bonds. The van der Waals surface area contributed by atoms with E-state index in [1.165, 1.54) is 12.1 Å². The summed E-state index contributed by atoms with van der Waals surface area (Å²) in [4.78, 5) is 11.3. The molecule has 0 saturated heterocycles. The molecule has 3 N–H and O–H groups in total. The first-order valence-electron chi connectivity index (χ1n) is 4.48. The topological polar surface area (TPSA) is 55.1 Å². The van der Waals surface area contributed by atoms with E-state index in [0.717, 1.165) is 0 Å². The first-order chi connectivity index (χ1) is 7.15. The van der Waals surface area contributed by atoms with Gasteiger partial charge in [0.15, 0.2) is 0 Å². The minimum Gasteiger partial charge on any atom is -0.397 e. The molecular weight excluding hydrogens is 215 g/mol. The number of carbonyl (C=O) groups is 1. The number of amides is 1. The predicted molar refractivity (Wildman–Crippen MR) is 62.4 cm³/mol. The van der Waals surface area contributed by atoms with Crippen molar-refractivity contribution in [1.29, 1.82) is 0 Å². The molecular formula is C10H13FN2OS. The van der Waals surface area contributed by atoms with Gasteiger partial charge in [-0.25, -0.2) is 4.39 Å². The van der Waals surface area contributed by atoms with E-state index < -0.39 is 5.82 Å². The molecule has 0 heterocycles. The Morgan fingerprint density at radius 3 is 2.93 bits per heavy atom. The van der Waals surface area contributed by atoms with Crippen molar-refractivity contribution in [2.75, 3.05) is 23.1 Å². The van der Waals surface area contributed by atoms with Crippen LogP contribution in [0.5, 0.6) is 0 Å². The summed E-state index contributed by atoms with van der Waals surface area (Å²) in [5.41, 5.74) is 5.85. The highest BCUT2D eigenvalue weighted by atomic mass is 32.2. The zero-order chi connectivity index (χ0) is 11.3. The highest BCUT2D eigenvalue weighted by molar-refractivity contribution is 7.98. The van der Waals surface area contributed by atoms with Gasteiger partial charge in [0.1, 0.15) is 11.5 Å². The number of anilines is 2. The Bertz CT molecular complexity index is 337. The quantitative estimate of drug-likeness (QED) is 0.776. The number of hydrogen-bond donors (Lipinski definition) is 2. The molecule has 0 radical (unpaired) electrons. The molecule has 0 saturated carbocycles. The van der Waals surface area contributed by atoms with Crippen LogP contribution >= 0.6 is 11.8 Å². The Kier molecular flexibility index (Phi) is 4.42. The summed E-state index contributed by atoms with van der Waals surface area (Å²) in [5, 5.41) is 2.46. The smallest absolute Gasteiger partial charge is 0.225 e. The summed E-state index contributed by atoms with van der Waals surface area (Å²) >= 11 is 1.56. The van der Waals surface area contributed by atoms with Gasteiger partial charge in [-0.2, -0.15) is 11.8 Å². The van der Waals surface area contributed by atoms with Crippen molar-refractivity contribution in [2.24, 2.45) is 0 Å². The molecule has 0 fully saturated rings. The molecule has 0 bridgehead atoms. The van der Waals surface area contributed by atoms with Crippen LogP contribution in [0, 0.1) is 5.82 Å². The van der Waals surface area contributed by atoms with Gasteiger partial charge in [-0.3, -0.25) is 4.79 Å². The van der Waals surface area contributed by atoms with Crippen LogP contribution < -0.4 is 11.1 Å². The van der Waals surface area contributed by atoms with Gasteiger partial charge >= 0.3 is 0 Å². The third-order valence-corrected chi connectivity index (χ3v) is 2.46. The summed E-state index contributed by atoms with van der Waals surface area (Å²) in [6.07, 6.45) is 2.26. The normalized spacial score (nSPS) is 10.0. The van der Waals surface area contributed by atoms with Gasteiger partial charge in [0.05, 0.1) is 5.69 Å². The number of thioether (sulfide) groups is 1. The van der Waals surface area contributed by atoms with Crippen LogP contribution in [0.3, 0.4) is 0 Å². The fraction of sp³-hybridized carbons (Fsp3) is 0.300. The van der Waals surface area contributed by atoms with Gasteiger partial charge in [-0.15, -0.1) is 0 Å². The molecule has 0 aliphatic carbocycles. The van der Waals surface area contributed by atoms with E-state index in [4.69, 9.17) is 5.73 Å². The number of nitrogens with one attached hydrogen (secondary N) is 1. The van der Waals surface area contributed by atoms with Crippen molar-refractivity contribution in [1.82, 2.24) is 0 Å². The van der Waals surface area contributed by atoms with Gasteiger partial charge < -0.3 is 11.1 Å². The lowest BCUT2D eigenvalue weighted by Gasteiger charge is -2.08. The van der Waals surface area contributed by atoms with Crippen molar-refractivity contribution >= 4 is 29.0 Å². The average Bonchev–Trinajstić information content (AvgIpc) is 2.21. The molecule has 0 atom stereocenters. The molecule has 15 heavy (non-hydrogen) atoms. The maximum absolute atomic E-state index is 13.2. The van der Waals surface area contributed by atoms with Gasteiger partial charge in [-0.1, -0.05) is 6.07 Å². The number of carbonyl (C=O) groups excluding carboxylic acids is 1. The minimum atomic E-state index is -0.507. The third kappa shape index (κ3) is 3.43. The standard InChI is InChI=1S/C10H13FN2OS/c1-15-6-5-9(14)13-10-7(11)3-2-4-8(10)12/h2-4H,5-6,12H2,1H3,(H,13,14). The van der Waals surface area contributed by atoms with E-state index in [0.29, 0.717) is 12.2 Å². The van der Waals surface area contributed by atoms with Crippen LogP contribution in [0.25, 0.3) is 0 Å². The summed E-state index contributed by atoms with van der Waals surface area (Å²) in [6, 6.07) is 4.32. The molecule has 0 unspecified atom stereocenters. The molecule has 0 aliphatic rings. The average molecular weight is 228 g/mol. The number of hydrogen-bond acceptors (Lipinski definition) is 3. The summed E-state index contributed by atoms with van der Waals surface area (Å²) in [6.45, 7) is 0. The van der Waals surface area contributed by atoms with Gasteiger partial charge in [0.2, 0.25) is 5.91 Å². The highest BCUT2D eigenvalue weighted by Gasteiger charge is 2.09. The molecule has 0 spiro atoms. The van der Waals surface area contributed by atoms with Crippen LogP contribution in [0.1, 0.15) is 6.42 Å². The van der Waals surface area contributed by atoms with Crippen molar-refractivity contribution in [3.05, 3.63) is 24.0 Å². The molecule has 1 rings (SSSR count). The van der Waals surface area contributed by atoms with Crippen LogP contribution in [-0.4, -0.2) is 17.9 Å². The predicted octanol–water partition coefficient (Wildman–Crippen LogP) is 2.10. The number of halogens is 1. The second kappa shape index (κ2) is 5.60. The lowest BCUT2D eigenvalue weighted by Crippen LogP contribution is -2.14. The van der Waals surface area contributed by atoms with E-state index in [1.807, 2.05) is 6.26 Å². The Labute approximate surface area is 92.2 Å². The van der Waals surface area contributed by atoms with Crippen molar-refractivity contribution in [2.45, 2.75) is 6.42 Å². The van der Waals surface area contributed by atoms with Crippen LogP contribution in [-0.2, 0) is 4.79 Å². The highest BCUT2D eigenvalue weighted by Crippen LogP contribution is 2.21. The molecule has 1 aromatic rings. The van der Waals surface area contributed by atoms with Crippen molar-refractivity contribution < 1.29 is 9.18 Å². The van der Waals surface area contributed by atoms with E-state index in [9.17, 15) is 9.18 Å². The monoisotopic (exact) mass is 228 g/mol. The maximum Gasteiger partial charge on any atom is 0.225 e. The van der Waals surface area contributed by atoms with Crippen molar-refractivity contribution in [3.63, 3.8) is 0 Å². The van der Waals surface area contributed by atoms with Crippen LogP contribution in [0.2, 0.25) is 0 Å². The van der Waals surface area contributed by atoms with Crippen molar-refractivity contribution in [3.8, 4) is 0 Å². The second-order valence-corrected chi connectivity index (χ2v) is 3.98. The molecule has 0 aromatic heterocycles. The number of rotatable bonds is 4. The van der Waals surface area contributed by atoms with E-state index in [-0.39, 0.29) is 17.3 Å². The van der Waals surface area contributed by atoms with E-state index >= 15 is 0 Å². The Hall–Kier alpha value is -1.23. The summed E-state index contributed by atoms with van der Waals surface area (Å²) in [5.74, 6) is -0.0196. The lowest BCUT2D eigenvalue weighted by molar-refractivity contribution is -0.115. The number of para-hydroxylation sites is 1. The van der Waals surface area contributed by atoms with Gasteiger partial charge in [0.25, 0.3) is 0 Å². The zero-order valence-electron chi connectivity index (χ0n) is 8.42. The first kappa shape index (κ1) is 11.8. The summed E-state index contributed by atoms with van der Waals surface area (Å²) < 4.78 is 13.2. The SMILES string of the molecule is CSCCC(=O)Nc1c(N)cccc1F. The number of benzene rings is 1. The maximum atomic E-state index is 13.2. The fourth-order valence-electron chi connectivity index (χ4n) is 1.07. The summed E-state index contributed by atoms with van der Waals surface area (Å²) in [7, 11) is 0. The number of nitrogen functional groups attached to an aromatic ring is 1. The Balaban J connectivity index is 2.68. The Morgan fingerprint density at radius 2 is 2.33 bits per heavy atom. The third-order valence-electron chi connectivity index (χ3n) is 1.84.